The second kappa shape index (κ2) is 2.28. The number of amides is 2. The minimum Gasteiger partial charge on any atom is -0.318 e. The average Bonchev–Trinajstić information content (AvgIpc) is 1.93. The minimum absolute atomic E-state index is 0.0602. The molecule has 0 aliphatic carbocycles. The van der Waals surface area contributed by atoms with Crippen LogP contribution in [-0.4, -0.2) is 42.3 Å². The van der Waals surface area contributed by atoms with Crippen LogP contribution in [0.25, 0.3) is 0 Å². The molecule has 1 heterocycles. The molecule has 0 spiro atoms. The van der Waals surface area contributed by atoms with Crippen molar-refractivity contribution < 1.29 is 4.79 Å². The van der Waals surface area contributed by atoms with Crippen molar-refractivity contribution in [2.75, 3.05) is 14.1 Å². The molecule has 0 saturated heterocycles. The van der Waals surface area contributed by atoms with Gasteiger partial charge >= 0.3 is 6.03 Å². The van der Waals surface area contributed by atoms with Crippen LogP contribution >= 0.6 is 0 Å². The SMILES string of the molecule is CC1C=NN(C)C(=O)N1C. The van der Waals surface area contributed by atoms with Gasteiger partial charge in [-0.05, 0) is 6.92 Å². The molecule has 10 heavy (non-hydrogen) atoms. The number of hydrogen-bond acceptors (Lipinski definition) is 2. The molecule has 4 heteroatoms. The fraction of sp³-hybridized carbons (Fsp3) is 0.667. The minimum atomic E-state index is -0.0602. The number of urea groups is 1. The van der Waals surface area contributed by atoms with Crippen molar-refractivity contribution in [2.45, 2.75) is 13.0 Å². The third-order valence-electron chi connectivity index (χ3n) is 1.65. The third-order valence-corrected chi connectivity index (χ3v) is 1.65. The molecule has 56 valence electrons. The zero-order valence-electron chi connectivity index (χ0n) is 6.40. The van der Waals surface area contributed by atoms with E-state index < -0.39 is 0 Å². The van der Waals surface area contributed by atoms with Gasteiger partial charge in [0.1, 0.15) is 0 Å². The summed E-state index contributed by atoms with van der Waals surface area (Å²) in [6.45, 7) is 1.92. The Balaban J connectivity index is 2.79. The molecular weight excluding hydrogens is 130 g/mol. The van der Waals surface area contributed by atoms with Crippen LogP contribution < -0.4 is 0 Å². The van der Waals surface area contributed by atoms with Gasteiger partial charge in [0, 0.05) is 20.3 Å². The molecule has 0 aromatic heterocycles. The normalized spacial score (nSPS) is 25.9. The fourth-order valence-electron chi connectivity index (χ4n) is 0.748. The van der Waals surface area contributed by atoms with E-state index in [9.17, 15) is 4.79 Å². The lowest BCUT2D eigenvalue weighted by Crippen LogP contribution is -2.46. The van der Waals surface area contributed by atoms with Gasteiger partial charge in [0.15, 0.2) is 0 Å². The Labute approximate surface area is 60.1 Å². The number of carbonyl (C=O) groups is 1. The molecule has 0 N–H and O–H groups in total. The highest BCUT2D eigenvalue weighted by atomic mass is 16.2. The van der Waals surface area contributed by atoms with E-state index >= 15 is 0 Å². The molecule has 4 nitrogen and oxygen atoms in total. The van der Waals surface area contributed by atoms with Gasteiger partial charge < -0.3 is 4.90 Å². The predicted octanol–water partition coefficient (Wildman–Crippen LogP) is 0.358. The monoisotopic (exact) mass is 141 g/mol. The lowest BCUT2D eigenvalue weighted by molar-refractivity contribution is 0.164. The van der Waals surface area contributed by atoms with Gasteiger partial charge in [-0.25, -0.2) is 9.80 Å². The number of nitrogens with zero attached hydrogens (tertiary/aromatic N) is 3. The molecule has 0 saturated carbocycles. The van der Waals surface area contributed by atoms with Gasteiger partial charge in [-0.3, -0.25) is 0 Å². The van der Waals surface area contributed by atoms with E-state index in [1.807, 2.05) is 6.92 Å². The van der Waals surface area contributed by atoms with Crippen LogP contribution in [0.5, 0.6) is 0 Å². The first-order chi connectivity index (χ1) is 4.63. The molecule has 0 fully saturated rings. The standard InChI is InChI=1S/C6H11N3O/c1-5-4-7-9(3)6(10)8(5)2/h4-5H,1-3H3. The highest BCUT2D eigenvalue weighted by Crippen LogP contribution is 2.04. The average molecular weight is 141 g/mol. The van der Waals surface area contributed by atoms with E-state index in [4.69, 9.17) is 0 Å². The molecule has 1 unspecified atom stereocenters. The molecule has 0 radical (unpaired) electrons. The Hall–Kier alpha value is -1.06. The van der Waals surface area contributed by atoms with Gasteiger partial charge in [-0.2, -0.15) is 5.10 Å². The summed E-state index contributed by atoms with van der Waals surface area (Å²) in [5, 5.41) is 5.18. The number of hydrogen-bond donors (Lipinski definition) is 0. The molecule has 1 aliphatic rings. The summed E-state index contributed by atoms with van der Waals surface area (Å²) in [5.74, 6) is 0. The van der Waals surface area contributed by atoms with E-state index in [0.29, 0.717) is 0 Å². The van der Waals surface area contributed by atoms with E-state index in [-0.39, 0.29) is 12.1 Å². The Kier molecular flexibility index (Phi) is 1.61. The maximum absolute atomic E-state index is 11.1. The lowest BCUT2D eigenvalue weighted by Gasteiger charge is -2.29. The lowest BCUT2D eigenvalue weighted by atomic mass is 10.3. The van der Waals surface area contributed by atoms with Crippen molar-refractivity contribution in [2.24, 2.45) is 5.10 Å². The van der Waals surface area contributed by atoms with Crippen LogP contribution in [0.4, 0.5) is 4.79 Å². The molecule has 0 bridgehead atoms. The highest BCUT2D eigenvalue weighted by Gasteiger charge is 2.21. The van der Waals surface area contributed by atoms with E-state index in [1.54, 1.807) is 25.2 Å². The summed E-state index contributed by atoms with van der Waals surface area (Å²) >= 11 is 0. The highest BCUT2D eigenvalue weighted by molar-refractivity contribution is 5.82. The quantitative estimate of drug-likeness (QED) is 0.479. The van der Waals surface area contributed by atoms with Crippen LogP contribution in [0.3, 0.4) is 0 Å². The Morgan fingerprint density at radius 2 is 2.20 bits per heavy atom. The zero-order chi connectivity index (χ0) is 7.72. The van der Waals surface area contributed by atoms with Gasteiger partial charge in [-0.15, -0.1) is 0 Å². The topological polar surface area (TPSA) is 35.9 Å². The molecule has 1 rings (SSSR count). The van der Waals surface area contributed by atoms with E-state index in [1.165, 1.54) is 5.01 Å². The van der Waals surface area contributed by atoms with Crippen molar-refractivity contribution in [3.05, 3.63) is 0 Å². The van der Waals surface area contributed by atoms with Gasteiger partial charge in [0.2, 0.25) is 0 Å². The maximum atomic E-state index is 11.1. The van der Waals surface area contributed by atoms with Crippen LogP contribution in [0.15, 0.2) is 5.10 Å². The molecule has 0 aromatic carbocycles. The molecule has 0 aromatic rings. The van der Waals surface area contributed by atoms with Crippen LogP contribution in [0.1, 0.15) is 6.92 Å². The maximum Gasteiger partial charge on any atom is 0.340 e. The van der Waals surface area contributed by atoms with Crippen molar-refractivity contribution in [3.8, 4) is 0 Å². The van der Waals surface area contributed by atoms with Crippen molar-refractivity contribution >= 4 is 12.2 Å². The largest absolute Gasteiger partial charge is 0.340 e. The van der Waals surface area contributed by atoms with Gasteiger partial charge in [0.25, 0.3) is 0 Å². The number of carbonyl (C=O) groups excluding carboxylic acids is 1. The van der Waals surface area contributed by atoms with Crippen molar-refractivity contribution in [1.82, 2.24) is 9.91 Å². The predicted molar refractivity (Wildman–Crippen MR) is 38.9 cm³/mol. The summed E-state index contributed by atoms with van der Waals surface area (Å²) < 4.78 is 0. The smallest absolute Gasteiger partial charge is 0.318 e. The van der Waals surface area contributed by atoms with Gasteiger partial charge in [0.05, 0.1) is 6.04 Å². The van der Waals surface area contributed by atoms with Crippen LogP contribution in [0.2, 0.25) is 0 Å². The summed E-state index contributed by atoms with van der Waals surface area (Å²) in [5.41, 5.74) is 0. The first-order valence-electron chi connectivity index (χ1n) is 3.17. The molecule has 2 amide bonds. The van der Waals surface area contributed by atoms with Crippen molar-refractivity contribution in [3.63, 3.8) is 0 Å². The molecular formula is C6H11N3O. The second-order valence-corrected chi connectivity index (χ2v) is 2.42. The molecule has 1 aliphatic heterocycles. The zero-order valence-corrected chi connectivity index (χ0v) is 6.40. The van der Waals surface area contributed by atoms with Crippen LogP contribution in [-0.2, 0) is 0 Å². The molecule has 1 atom stereocenters. The Morgan fingerprint density at radius 3 is 2.70 bits per heavy atom. The third kappa shape index (κ3) is 0.964. The summed E-state index contributed by atoms with van der Waals surface area (Å²) in [6, 6.07) is 0.0544. The second-order valence-electron chi connectivity index (χ2n) is 2.42. The fourth-order valence-corrected chi connectivity index (χ4v) is 0.748. The van der Waals surface area contributed by atoms with Crippen LogP contribution in [0, 0.1) is 0 Å². The Bertz CT molecular complexity index is 178. The number of rotatable bonds is 0. The van der Waals surface area contributed by atoms with E-state index in [0.717, 1.165) is 0 Å². The Morgan fingerprint density at radius 1 is 1.60 bits per heavy atom. The first-order valence-corrected chi connectivity index (χ1v) is 3.17. The summed E-state index contributed by atoms with van der Waals surface area (Å²) in [4.78, 5) is 12.7. The van der Waals surface area contributed by atoms with Crippen molar-refractivity contribution in [1.29, 1.82) is 0 Å². The number of hydrazone groups is 1. The summed E-state index contributed by atoms with van der Waals surface area (Å²) in [7, 11) is 3.40. The van der Waals surface area contributed by atoms with Gasteiger partial charge in [-0.1, -0.05) is 0 Å². The first kappa shape index (κ1) is 7.05. The van der Waals surface area contributed by atoms with E-state index in [2.05, 4.69) is 5.10 Å². The summed E-state index contributed by atoms with van der Waals surface area (Å²) in [6.07, 6.45) is 1.74.